The number of nitrogens with two attached hydrogens (primary N) is 1. The lowest BCUT2D eigenvalue weighted by Gasteiger charge is -2.50. The van der Waals surface area contributed by atoms with Crippen LogP contribution in [0, 0.1) is 11.2 Å². The summed E-state index contributed by atoms with van der Waals surface area (Å²) >= 11 is 0. The summed E-state index contributed by atoms with van der Waals surface area (Å²) in [7, 11) is 0. The number of aromatic nitrogens is 2. The van der Waals surface area contributed by atoms with E-state index < -0.39 is 0 Å². The van der Waals surface area contributed by atoms with Crippen LogP contribution in [0.25, 0.3) is 0 Å². The molecule has 0 amide bonds. The van der Waals surface area contributed by atoms with Gasteiger partial charge in [0.15, 0.2) is 0 Å². The maximum atomic E-state index is 13.3. The highest BCUT2D eigenvalue weighted by molar-refractivity contribution is 6.11. The predicted molar refractivity (Wildman–Crippen MR) is 123 cm³/mol. The number of nitrogens with zero attached hydrogens (tertiary/aromatic N) is 4. The van der Waals surface area contributed by atoms with Gasteiger partial charge in [-0.05, 0) is 74.0 Å². The molecule has 0 radical (unpaired) electrons. The molecule has 0 saturated carbocycles. The second kappa shape index (κ2) is 9.10. The van der Waals surface area contributed by atoms with Crippen LogP contribution in [-0.2, 0) is 0 Å². The fraction of sp³-hybridized carbons (Fsp3) is 0.400. The minimum atomic E-state index is -0.264. The van der Waals surface area contributed by atoms with Crippen molar-refractivity contribution in [2.45, 2.75) is 39.0 Å². The molecule has 2 atom stereocenters. The van der Waals surface area contributed by atoms with Gasteiger partial charge in [0.1, 0.15) is 11.6 Å². The molecule has 162 valence electrons. The summed E-state index contributed by atoms with van der Waals surface area (Å²) in [6.07, 6.45) is 10.4. The fourth-order valence-electron chi connectivity index (χ4n) is 4.94. The molecule has 2 unspecified atom stereocenters. The maximum absolute atomic E-state index is 13.3. The van der Waals surface area contributed by atoms with Crippen molar-refractivity contribution >= 4 is 11.4 Å². The Kier molecular flexibility index (Phi) is 6.28. The van der Waals surface area contributed by atoms with Gasteiger partial charge in [0.25, 0.3) is 0 Å². The van der Waals surface area contributed by atoms with E-state index in [0.717, 1.165) is 61.7 Å². The zero-order valence-electron chi connectivity index (χ0n) is 18.3. The molecule has 1 aromatic heterocycles. The zero-order valence-corrected chi connectivity index (χ0v) is 18.3. The Morgan fingerprint density at radius 1 is 1.26 bits per heavy atom. The molecule has 2 aromatic rings. The number of likely N-dealkylation sites (tertiary alicyclic amines) is 1. The molecule has 2 N–H and O–H groups in total. The molecule has 1 aromatic carbocycles. The van der Waals surface area contributed by atoms with E-state index in [1.165, 1.54) is 17.7 Å². The topological polar surface area (TPSA) is 67.4 Å². The number of benzene rings is 1. The molecule has 5 nitrogen and oxygen atoms in total. The van der Waals surface area contributed by atoms with Crippen molar-refractivity contribution in [3.05, 3.63) is 77.8 Å². The number of halogens is 1. The Bertz CT molecular complexity index is 996. The second-order valence-corrected chi connectivity index (χ2v) is 8.52. The van der Waals surface area contributed by atoms with Gasteiger partial charge in [-0.2, -0.15) is 0 Å². The molecule has 2 aliphatic rings. The van der Waals surface area contributed by atoms with Crippen LogP contribution in [0.5, 0.6) is 0 Å². The normalized spacial score (nSPS) is 25.3. The molecule has 0 spiro atoms. The summed E-state index contributed by atoms with van der Waals surface area (Å²) in [5.41, 5.74) is 9.96. The highest BCUT2D eigenvalue weighted by Gasteiger charge is 2.48. The van der Waals surface area contributed by atoms with Crippen LogP contribution in [0.4, 0.5) is 10.1 Å². The number of hydrogen-bond donors (Lipinski definition) is 1. The van der Waals surface area contributed by atoms with E-state index in [-0.39, 0.29) is 17.2 Å². The predicted octanol–water partition coefficient (Wildman–Crippen LogP) is 4.77. The standard InChI is InChI=1S/C25H30FN5/c1-3-12-31-13-9-20-14-23(30-22-7-5-21(26)6-8-22)19(16-27)15-25(20,17-31)18(2)24-28-10-4-11-29-24/h4-8,10-11,14,16,18H,3,9,12-13,15,17,27H2,1-2H3. The van der Waals surface area contributed by atoms with Gasteiger partial charge >= 0.3 is 0 Å². The summed E-state index contributed by atoms with van der Waals surface area (Å²) in [6.45, 7) is 7.52. The summed E-state index contributed by atoms with van der Waals surface area (Å²) in [5.74, 6) is 0.739. The molecule has 1 fully saturated rings. The summed E-state index contributed by atoms with van der Waals surface area (Å²) in [4.78, 5) is 16.5. The molecule has 1 aliphatic carbocycles. The summed E-state index contributed by atoms with van der Waals surface area (Å²) < 4.78 is 13.3. The number of fused-ring (bicyclic) bond motifs is 1. The first-order chi connectivity index (χ1) is 15.1. The molecular formula is C25H30FN5. The van der Waals surface area contributed by atoms with E-state index in [0.29, 0.717) is 0 Å². The van der Waals surface area contributed by atoms with Gasteiger partial charge in [-0.25, -0.2) is 19.4 Å². The van der Waals surface area contributed by atoms with Crippen molar-refractivity contribution in [2.24, 2.45) is 16.1 Å². The third kappa shape index (κ3) is 4.30. The van der Waals surface area contributed by atoms with E-state index in [1.807, 2.05) is 18.5 Å². The zero-order chi connectivity index (χ0) is 21.8. The highest BCUT2D eigenvalue weighted by Crippen LogP contribution is 2.52. The van der Waals surface area contributed by atoms with Crippen molar-refractivity contribution < 1.29 is 4.39 Å². The minimum Gasteiger partial charge on any atom is -0.404 e. The van der Waals surface area contributed by atoms with E-state index in [9.17, 15) is 4.39 Å². The van der Waals surface area contributed by atoms with Gasteiger partial charge in [-0.15, -0.1) is 0 Å². The largest absolute Gasteiger partial charge is 0.404 e. The van der Waals surface area contributed by atoms with Crippen molar-refractivity contribution in [3.8, 4) is 0 Å². The van der Waals surface area contributed by atoms with Crippen LogP contribution in [0.3, 0.4) is 0 Å². The highest BCUT2D eigenvalue weighted by atomic mass is 19.1. The Morgan fingerprint density at radius 2 is 2.00 bits per heavy atom. The number of hydrogen-bond acceptors (Lipinski definition) is 5. The molecule has 6 heteroatoms. The monoisotopic (exact) mass is 419 g/mol. The number of allylic oxidation sites excluding steroid dienone is 2. The fourth-order valence-corrected chi connectivity index (χ4v) is 4.94. The molecule has 0 bridgehead atoms. The van der Waals surface area contributed by atoms with Crippen molar-refractivity contribution in [2.75, 3.05) is 19.6 Å². The van der Waals surface area contributed by atoms with Crippen LogP contribution in [0.2, 0.25) is 0 Å². The first-order valence-electron chi connectivity index (χ1n) is 11.0. The molecular weight excluding hydrogens is 389 g/mol. The van der Waals surface area contributed by atoms with Gasteiger partial charge in [-0.3, -0.25) is 0 Å². The number of rotatable bonds is 5. The van der Waals surface area contributed by atoms with E-state index >= 15 is 0 Å². The maximum Gasteiger partial charge on any atom is 0.131 e. The van der Waals surface area contributed by atoms with Crippen LogP contribution in [-0.4, -0.2) is 40.2 Å². The summed E-state index contributed by atoms with van der Waals surface area (Å²) in [6, 6.07) is 8.11. The average Bonchev–Trinajstić information content (AvgIpc) is 2.80. The first-order valence-corrected chi connectivity index (χ1v) is 11.0. The van der Waals surface area contributed by atoms with Crippen LogP contribution >= 0.6 is 0 Å². The number of aliphatic imine (C=N–C) groups is 1. The molecule has 4 rings (SSSR count). The van der Waals surface area contributed by atoms with Gasteiger partial charge in [-0.1, -0.05) is 19.4 Å². The second-order valence-electron chi connectivity index (χ2n) is 8.52. The smallest absolute Gasteiger partial charge is 0.131 e. The lowest BCUT2D eigenvalue weighted by atomic mass is 9.60. The van der Waals surface area contributed by atoms with Crippen LogP contribution in [0.15, 0.2) is 71.1 Å². The Labute approximate surface area is 183 Å². The quantitative estimate of drug-likeness (QED) is 0.758. The van der Waals surface area contributed by atoms with Gasteiger partial charge < -0.3 is 10.6 Å². The number of piperidine rings is 1. The lowest BCUT2D eigenvalue weighted by Crippen LogP contribution is -2.50. The van der Waals surface area contributed by atoms with Crippen molar-refractivity contribution in [3.63, 3.8) is 0 Å². The molecule has 2 heterocycles. The molecule has 1 saturated heterocycles. The Morgan fingerprint density at radius 3 is 2.68 bits per heavy atom. The Hall–Kier alpha value is -2.86. The first kappa shape index (κ1) is 21.4. The van der Waals surface area contributed by atoms with Crippen LogP contribution in [0.1, 0.15) is 44.9 Å². The Balaban J connectivity index is 1.78. The van der Waals surface area contributed by atoms with Gasteiger partial charge in [0, 0.05) is 36.8 Å². The van der Waals surface area contributed by atoms with Gasteiger partial charge in [0.05, 0.1) is 11.4 Å². The van der Waals surface area contributed by atoms with Crippen molar-refractivity contribution in [1.29, 1.82) is 0 Å². The van der Waals surface area contributed by atoms with E-state index in [4.69, 9.17) is 10.7 Å². The SMILES string of the molecule is CCCN1CCC2=CC(=Nc3ccc(F)cc3)C(=CN)CC2(C(C)c2ncccn2)C1. The lowest BCUT2D eigenvalue weighted by molar-refractivity contribution is 0.116. The third-order valence-corrected chi connectivity index (χ3v) is 6.61. The van der Waals surface area contributed by atoms with E-state index in [2.05, 4.69) is 34.8 Å². The molecule has 1 aliphatic heterocycles. The third-order valence-electron chi connectivity index (χ3n) is 6.61. The molecule has 31 heavy (non-hydrogen) atoms. The van der Waals surface area contributed by atoms with Crippen LogP contribution < -0.4 is 5.73 Å². The van der Waals surface area contributed by atoms with E-state index in [1.54, 1.807) is 18.3 Å². The van der Waals surface area contributed by atoms with Crippen molar-refractivity contribution in [1.82, 2.24) is 14.9 Å². The average molecular weight is 420 g/mol. The summed E-state index contributed by atoms with van der Waals surface area (Å²) in [5, 5.41) is 0. The minimum absolute atomic E-state index is 0.123. The van der Waals surface area contributed by atoms with Gasteiger partial charge in [0.2, 0.25) is 0 Å².